The van der Waals surface area contributed by atoms with E-state index in [1.54, 1.807) is 0 Å². The van der Waals surface area contributed by atoms with Crippen molar-refractivity contribution in [3.05, 3.63) is 0 Å². The average molecular weight is 258 g/mol. The molecule has 5 heteroatoms. The van der Waals surface area contributed by atoms with Crippen LogP contribution in [0.15, 0.2) is 0 Å². The predicted octanol–water partition coefficient (Wildman–Crippen LogP) is 0.709. The van der Waals surface area contributed by atoms with Gasteiger partial charge in [-0.15, -0.1) is 12.3 Å². The minimum atomic E-state index is -3.10. The van der Waals surface area contributed by atoms with E-state index in [2.05, 4.69) is 16.0 Å². The molecule has 0 aromatic rings. The fourth-order valence-electron chi connectivity index (χ4n) is 2.00. The number of sulfonamides is 1. The molecule has 1 aliphatic heterocycles. The molecule has 0 saturated carbocycles. The minimum Gasteiger partial charge on any atom is -0.317 e. The number of hydrogen-bond donors (Lipinski definition) is 2. The number of piperidine rings is 1. The molecule has 0 radical (unpaired) electrons. The highest BCUT2D eigenvalue weighted by atomic mass is 32.2. The zero-order valence-electron chi connectivity index (χ0n) is 10.2. The number of hydrogen-bond acceptors (Lipinski definition) is 3. The normalized spacial score (nSPS) is 17.8. The van der Waals surface area contributed by atoms with Crippen molar-refractivity contribution in [1.82, 2.24) is 10.0 Å². The summed E-state index contributed by atoms with van der Waals surface area (Å²) < 4.78 is 26.2. The maximum absolute atomic E-state index is 11.8. The van der Waals surface area contributed by atoms with E-state index in [0.29, 0.717) is 12.5 Å². The Morgan fingerprint density at radius 1 is 1.29 bits per heavy atom. The highest BCUT2D eigenvalue weighted by Crippen LogP contribution is 2.13. The van der Waals surface area contributed by atoms with Crippen LogP contribution in [0.4, 0.5) is 0 Å². The lowest BCUT2D eigenvalue weighted by molar-refractivity contribution is 0.400. The Hall–Kier alpha value is -0.570. The third-order valence-electron chi connectivity index (χ3n) is 2.98. The summed E-state index contributed by atoms with van der Waals surface area (Å²) in [7, 11) is -3.10. The van der Waals surface area contributed by atoms with Crippen LogP contribution in [-0.4, -0.2) is 33.8 Å². The summed E-state index contributed by atoms with van der Waals surface area (Å²) in [6.45, 7) is 2.37. The van der Waals surface area contributed by atoms with Crippen molar-refractivity contribution in [2.24, 2.45) is 5.92 Å². The van der Waals surface area contributed by atoms with Gasteiger partial charge in [-0.1, -0.05) is 0 Å². The Balaban J connectivity index is 2.19. The Morgan fingerprint density at radius 3 is 2.65 bits per heavy atom. The van der Waals surface area contributed by atoms with Crippen molar-refractivity contribution in [1.29, 1.82) is 0 Å². The molecule has 0 bridgehead atoms. The van der Waals surface area contributed by atoms with Gasteiger partial charge >= 0.3 is 0 Å². The third-order valence-corrected chi connectivity index (χ3v) is 4.54. The van der Waals surface area contributed by atoms with Crippen LogP contribution in [0.5, 0.6) is 0 Å². The molecular weight excluding hydrogens is 236 g/mol. The Kier molecular flexibility index (Phi) is 6.56. The molecule has 0 spiro atoms. The molecule has 17 heavy (non-hydrogen) atoms. The summed E-state index contributed by atoms with van der Waals surface area (Å²) in [5.41, 5.74) is 0. The lowest BCUT2D eigenvalue weighted by atomic mass is 10.0. The van der Waals surface area contributed by atoms with Crippen LogP contribution in [-0.2, 0) is 10.0 Å². The molecule has 0 amide bonds. The van der Waals surface area contributed by atoms with Crippen molar-refractivity contribution >= 4 is 10.0 Å². The fraction of sp³-hybridized carbons (Fsp3) is 0.833. The summed E-state index contributed by atoms with van der Waals surface area (Å²) in [6.07, 6.45) is 9.45. The van der Waals surface area contributed by atoms with Gasteiger partial charge in [0, 0.05) is 13.0 Å². The van der Waals surface area contributed by atoms with Crippen molar-refractivity contribution in [2.45, 2.75) is 32.1 Å². The Morgan fingerprint density at radius 2 is 2.00 bits per heavy atom. The number of unbranched alkanes of at least 4 members (excludes halogenated alkanes) is 2. The first-order valence-corrected chi connectivity index (χ1v) is 7.91. The van der Waals surface area contributed by atoms with Crippen molar-refractivity contribution in [2.75, 3.05) is 25.4 Å². The number of nitrogens with one attached hydrogen (secondary N) is 2. The summed E-state index contributed by atoms with van der Waals surface area (Å²) in [4.78, 5) is 0. The second kappa shape index (κ2) is 7.70. The van der Waals surface area contributed by atoms with Crippen LogP contribution in [0.2, 0.25) is 0 Å². The molecule has 1 saturated heterocycles. The maximum Gasteiger partial charge on any atom is 0.211 e. The molecule has 1 rings (SSSR count). The van der Waals surface area contributed by atoms with Crippen molar-refractivity contribution < 1.29 is 8.42 Å². The van der Waals surface area contributed by atoms with Crippen LogP contribution in [0.25, 0.3) is 0 Å². The molecule has 4 nitrogen and oxygen atoms in total. The van der Waals surface area contributed by atoms with Gasteiger partial charge < -0.3 is 5.32 Å². The van der Waals surface area contributed by atoms with Gasteiger partial charge in [0.25, 0.3) is 0 Å². The second-order valence-electron chi connectivity index (χ2n) is 4.53. The molecule has 0 aromatic carbocycles. The Bertz CT molecular complexity index is 340. The van der Waals surface area contributed by atoms with E-state index in [0.717, 1.165) is 45.2 Å². The molecule has 98 valence electrons. The van der Waals surface area contributed by atoms with Crippen molar-refractivity contribution in [3.63, 3.8) is 0 Å². The summed E-state index contributed by atoms with van der Waals surface area (Å²) in [5, 5.41) is 3.23. The van der Waals surface area contributed by atoms with Gasteiger partial charge in [-0.05, 0) is 44.7 Å². The number of terminal acetylenes is 1. The van der Waals surface area contributed by atoms with Gasteiger partial charge in [0.1, 0.15) is 0 Å². The second-order valence-corrected chi connectivity index (χ2v) is 6.38. The van der Waals surface area contributed by atoms with Gasteiger partial charge in [-0.25, -0.2) is 13.1 Å². The SMILES string of the molecule is C#CCCCCNS(=O)(=O)CC1CCNCC1. The van der Waals surface area contributed by atoms with E-state index >= 15 is 0 Å². The molecule has 0 aliphatic carbocycles. The summed E-state index contributed by atoms with van der Waals surface area (Å²) in [5.74, 6) is 3.12. The molecule has 0 aromatic heterocycles. The largest absolute Gasteiger partial charge is 0.317 e. The lowest BCUT2D eigenvalue weighted by Crippen LogP contribution is -2.35. The lowest BCUT2D eigenvalue weighted by Gasteiger charge is -2.22. The quantitative estimate of drug-likeness (QED) is 0.522. The molecule has 0 atom stereocenters. The van der Waals surface area contributed by atoms with Gasteiger partial charge in [-0.2, -0.15) is 0 Å². The fourth-order valence-corrected chi connectivity index (χ4v) is 3.52. The molecule has 1 fully saturated rings. The molecular formula is C12H22N2O2S. The zero-order chi connectivity index (χ0) is 12.6. The monoisotopic (exact) mass is 258 g/mol. The minimum absolute atomic E-state index is 0.268. The average Bonchev–Trinajstić information content (AvgIpc) is 2.29. The topological polar surface area (TPSA) is 58.2 Å². The van der Waals surface area contributed by atoms with Gasteiger partial charge in [-0.3, -0.25) is 0 Å². The highest BCUT2D eigenvalue weighted by Gasteiger charge is 2.20. The molecule has 1 aliphatic rings. The van der Waals surface area contributed by atoms with E-state index in [1.807, 2.05) is 0 Å². The Labute approximate surface area is 105 Å². The smallest absolute Gasteiger partial charge is 0.211 e. The number of rotatable bonds is 7. The van der Waals surface area contributed by atoms with Gasteiger partial charge in [0.15, 0.2) is 0 Å². The van der Waals surface area contributed by atoms with Gasteiger partial charge in [0.2, 0.25) is 10.0 Å². The molecule has 1 heterocycles. The molecule has 2 N–H and O–H groups in total. The van der Waals surface area contributed by atoms with Crippen LogP contribution >= 0.6 is 0 Å². The molecule has 0 unspecified atom stereocenters. The van der Waals surface area contributed by atoms with Gasteiger partial charge in [0.05, 0.1) is 5.75 Å². The van der Waals surface area contributed by atoms with Crippen LogP contribution in [0, 0.1) is 18.3 Å². The van der Waals surface area contributed by atoms with E-state index in [9.17, 15) is 8.42 Å². The van der Waals surface area contributed by atoms with E-state index in [-0.39, 0.29) is 5.75 Å². The standard InChI is InChI=1S/C12H22N2O2S/c1-2-3-4-5-8-14-17(15,16)11-12-6-9-13-10-7-12/h1,12-14H,3-11H2. The first-order valence-electron chi connectivity index (χ1n) is 6.25. The van der Waals surface area contributed by atoms with E-state index in [4.69, 9.17) is 6.42 Å². The summed E-state index contributed by atoms with van der Waals surface area (Å²) in [6, 6.07) is 0. The zero-order valence-corrected chi connectivity index (χ0v) is 11.1. The van der Waals surface area contributed by atoms with Crippen LogP contribution in [0.3, 0.4) is 0 Å². The third kappa shape index (κ3) is 6.67. The summed E-state index contributed by atoms with van der Waals surface area (Å²) >= 11 is 0. The maximum atomic E-state index is 11.8. The van der Waals surface area contributed by atoms with Crippen LogP contribution in [0.1, 0.15) is 32.1 Å². The van der Waals surface area contributed by atoms with E-state index in [1.165, 1.54) is 0 Å². The first-order chi connectivity index (χ1) is 8.14. The van der Waals surface area contributed by atoms with Crippen molar-refractivity contribution in [3.8, 4) is 12.3 Å². The van der Waals surface area contributed by atoms with Crippen LogP contribution < -0.4 is 10.0 Å². The first kappa shape index (κ1) is 14.5. The van der Waals surface area contributed by atoms with E-state index < -0.39 is 10.0 Å². The highest BCUT2D eigenvalue weighted by molar-refractivity contribution is 7.89. The predicted molar refractivity (Wildman–Crippen MR) is 70.1 cm³/mol.